The Bertz CT molecular complexity index is 778. The molecule has 0 aliphatic carbocycles. The molecule has 26 heavy (non-hydrogen) atoms. The highest BCUT2D eigenvalue weighted by molar-refractivity contribution is 7.88. The Kier molecular flexibility index (Phi) is 6.65. The Labute approximate surface area is 150 Å². The molecule has 0 bridgehead atoms. The fraction of sp³-hybridized carbons (Fsp3) is 0.500. The molecule has 10 heteroatoms. The molecule has 1 aliphatic heterocycles. The number of benzene rings is 1. The van der Waals surface area contributed by atoms with Gasteiger partial charge in [0.25, 0.3) is 5.91 Å². The van der Waals surface area contributed by atoms with Crippen LogP contribution in [0.25, 0.3) is 0 Å². The fourth-order valence-corrected chi connectivity index (χ4v) is 3.56. The summed E-state index contributed by atoms with van der Waals surface area (Å²) in [5.41, 5.74) is -0.292. The molecule has 7 nitrogen and oxygen atoms in total. The first-order valence-corrected chi connectivity index (χ1v) is 9.99. The van der Waals surface area contributed by atoms with Gasteiger partial charge in [0.2, 0.25) is 15.9 Å². The van der Waals surface area contributed by atoms with Gasteiger partial charge in [0.1, 0.15) is 11.6 Å². The van der Waals surface area contributed by atoms with Gasteiger partial charge in [-0.1, -0.05) is 0 Å². The summed E-state index contributed by atoms with van der Waals surface area (Å²) in [7, 11) is -3.22. The SMILES string of the molecule is CS(=O)(=O)N1CCC(NC(=O)CCNC(=O)c2ccc(F)cc2F)CC1. The van der Waals surface area contributed by atoms with Gasteiger partial charge >= 0.3 is 0 Å². The molecule has 2 rings (SSSR count). The van der Waals surface area contributed by atoms with E-state index in [2.05, 4.69) is 10.6 Å². The summed E-state index contributed by atoms with van der Waals surface area (Å²) >= 11 is 0. The highest BCUT2D eigenvalue weighted by atomic mass is 32.2. The van der Waals surface area contributed by atoms with Crippen LogP contribution in [-0.2, 0) is 14.8 Å². The standard InChI is InChI=1S/C16H21F2N3O4S/c1-26(24,25)21-8-5-12(6-9-21)20-15(22)4-7-19-16(23)13-3-2-11(17)10-14(13)18/h2-3,10,12H,4-9H2,1H3,(H,19,23)(H,20,22). The summed E-state index contributed by atoms with van der Waals surface area (Å²) in [6.45, 7) is 0.707. The van der Waals surface area contributed by atoms with E-state index in [4.69, 9.17) is 0 Å². The van der Waals surface area contributed by atoms with Crippen LogP contribution < -0.4 is 10.6 Å². The molecule has 0 saturated carbocycles. The molecule has 0 atom stereocenters. The van der Waals surface area contributed by atoms with E-state index in [1.54, 1.807) is 0 Å². The maximum atomic E-state index is 13.5. The number of carbonyl (C=O) groups excluding carboxylic acids is 2. The predicted octanol–water partition coefficient (Wildman–Crippen LogP) is 0.625. The van der Waals surface area contributed by atoms with Crippen molar-refractivity contribution >= 4 is 21.8 Å². The molecule has 1 aliphatic rings. The van der Waals surface area contributed by atoms with Crippen molar-refractivity contribution in [3.63, 3.8) is 0 Å². The third kappa shape index (κ3) is 5.73. The summed E-state index contributed by atoms with van der Waals surface area (Å²) in [6.07, 6.45) is 2.19. The number of halogens is 2. The zero-order valence-electron chi connectivity index (χ0n) is 14.3. The number of nitrogens with zero attached hydrogens (tertiary/aromatic N) is 1. The second-order valence-electron chi connectivity index (χ2n) is 6.13. The van der Waals surface area contributed by atoms with Crippen molar-refractivity contribution in [1.29, 1.82) is 0 Å². The van der Waals surface area contributed by atoms with E-state index >= 15 is 0 Å². The highest BCUT2D eigenvalue weighted by Gasteiger charge is 2.25. The van der Waals surface area contributed by atoms with E-state index in [-0.39, 0.29) is 30.5 Å². The lowest BCUT2D eigenvalue weighted by molar-refractivity contribution is -0.121. The first-order valence-electron chi connectivity index (χ1n) is 8.14. The normalized spacial score (nSPS) is 16.3. The van der Waals surface area contributed by atoms with Crippen LogP contribution in [-0.4, -0.2) is 56.5 Å². The Morgan fingerprint density at radius 3 is 2.46 bits per heavy atom. The average Bonchev–Trinajstić information content (AvgIpc) is 2.54. The monoisotopic (exact) mass is 389 g/mol. The fourth-order valence-electron chi connectivity index (χ4n) is 2.69. The molecule has 0 unspecified atom stereocenters. The molecule has 2 amide bonds. The van der Waals surface area contributed by atoms with Gasteiger partial charge in [0.05, 0.1) is 11.8 Å². The van der Waals surface area contributed by atoms with Gasteiger partial charge in [-0.3, -0.25) is 9.59 Å². The van der Waals surface area contributed by atoms with Crippen LogP contribution >= 0.6 is 0 Å². The lowest BCUT2D eigenvalue weighted by Crippen LogP contribution is -2.46. The van der Waals surface area contributed by atoms with Crippen LogP contribution in [0.5, 0.6) is 0 Å². The largest absolute Gasteiger partial charge is 0.353 e. The Balaban J connectivity index is 1.72. The molecule has 0 spiro atoms. The first kappa shape index (κ1) is 20.2. The molecule has 1 fully saturated rings. The summed E-state index contributed by atoms with van der Waals surface area (Å²) in [6, 6.07) is 2.51. The van der Waals surface area contributed by atoms with Crippen LogP contribution in [0.4, 0.5) is 8.78 Å². The topological polar surface area (TPSA) is 95.6 Å². The van der Waals surface area contributed by atoms with Crippen molar-refractivity contribution in [2.45, 2.75) is 25.3 Å². The Morgan fingerprint density at radius 2 is 1.88 bits per heavy atom. The van der Waals surface area contributed by atoms with E-state index in [0.717, 1.165) is 18.4 Å². The van der Waals surface area contributed by atoms with Gasteiger partial charge in [-0.15, -0.1) is 0 Å². The number of nitrogens with one attached hydrogen (secondary N) is 2. The van der Waals surface area contributed by atoms with Gasteiger partial charge < -0.3 is 10.6 Å². The van der Waals surface area contributed by atoms with E-state index in [9.17, 15) is 26.8 Å². The molecule has 1 saturated heterocycles. The molecule has 0 aromatic heterocycles. The molecule has 1 aromatic carbocycles. The number of hydrogen-bond acceptors (Lipinski definition) is 4. The molecule has 1 heterocycles. The molecule has 2 N–H and O–H groups in total. The number of hydrogen-bond donors (Lipinski definition) is 2. The van der Waals surface area contributed by atoms with Gasteiger partial charge in [0.15, 0.2) is 0 Å². The molecular formula is C16H21F2N3O4S. The summed E-state index contributed by atoms with van der Waals surface area (Å²) < 4.78 is 50.5. The number of sulfonamides is 1. The molecule has 144 valence electrons. The molecule has 0 radical (unpaired) electrons. The maximum absolute atomic E-state index is 13.5. The van der Waals surface area contributed by atoms with Crippen molar-refractivity contribution in [3.8, 4) is 0 Å². The van der Waals surface area contributed by atoms with Gasteiger partial charge in [-0.2, -0.15) is 0 Å². The van der Waals surface area contributed by atoms with Crippen molar-refractivity contribution in [2.75, 3.05) is 25.9 Å². The van der Waals surface area contributed by atoms with Crippen molar-refractivity contribution in [1.82, 2.24) is 14.9 Å². The van der Waals surface area contributed by atoms with Crippen molar-refractivity contribution < 1.29 is 26.8 Å². The van der Waals surface area contributed by atoms with Gasteiger partial charge in [0, 0.05) is 38.2 Å². The van der Waals surface area contributed by atoms with Crippen LogP contribution in [0.3, 0.4) is 0 Å². The van der Waals surface area contributed by atoms with E-state index < -0.39 is 27.6 Å². The minimum Gasteiger partial charge on any atom is -0.353 e. The Morgan fingerprint density at radius 1 is 1.23 bits per heavy atom. The second kappa shape index (κ2) is 8.54. The van der Waals surface area contributed by atoms with Crippen molar-refractivity contribution in [2.24, 2.45) is 0 Å². The minimum atomic E-state index is -3.22. The third-order valence-electron chi connectivity index (χ3n) is 4.10. The lowest BCUT2D eigenvalue weighted by Gasteiger charge is -2.30. The van der Waals surface area contributed by atoms with E-state index in [0.29, 0.717) is 32.0 Å². The van der Waals surface area contributed by atoms with Crippen LogP contribution in [0.1, 0.15) is 29.6 Å². The zero-order valence-corrected chi connectivity index (χ0v) is 15.1. The average molecular weight is 389 g/mol. The van der Waals surface area contributed by atoms with Crippen molar-refractivity contribution in [3.05, 3.63) is 35.4 Å². The Hall–Kier alpha value is -2.07. The van der Waals surface area contributed by atoms with Crippen LogP contribution in [0, 0.1) is 11.6 Å². The smallest absolute Gasteiger partial charge is 0.254 e. The van der Waals surface area contributed by atoms with Gasteiger partial charge in [-0.05, 0) is 25.0 Å². The minimum absolute atomic E-state index is 0.000838. The number of piperidine rings is 1. The molecular weight excluding hydrogens is 368 g/mol. The number of amides is 2. The van der Waals surface area contributed by atoms with Gasteiger partial charge in [-0.25, -0.2) is 21.5 Å². The van der Waals surface area contributed by atoms with E-state index in [1.807, 2.05) is 0 Å². The molecule has 1 aromatic rings. The first-order chi connectivity index (χ1) is 12.2. The van der Waals surface area contributed by atoms with Crippen LogP contribution in [0.2, 0.25) is 0 Å². The lowest BCUT2D eigenvalue weighted by atomic mass is 10.1. The summed E-state index contributed by atoms with van der Waals surface area (Å²) in [4.78, 5) is 23.7. The van der Waals surface area contributed by atoms with E-state index in [1.165, 1.54) is 4.31 Å². The van der Waals surface area contributed by atoms with Crippen LogP contribution in [0.15, 0.2) is 18.2 Å². The quantitative estimate of drug-likeness (QED) is 0.746. The maximum Gasteiger partial charge on any atom is 0.254 e. The zero-order chi connectivity index (χ0) is 19.3. The highest BCUT2D eigenvalue weighted by Crippen LogP contribution is 2.13. The third-order valence-corrected chi connectivity index (χ3v) is 5.40. The second-order valence-corrected chi connectivity index (χ2v) is 8.12. The summed E-state index contributed by atoms with van der Waals surface area (Å²) in [5.74, 6) is -2.76. The summed E-state index contributed by atoms with van der Waals surface area (Å²) in [5, 5.41) is 5.19. The predicted molar refractivity (Wildman–Crippen MR) is 90.9 cm³/mol. The number of rotatable bonds is 6. The number of carbonyl (C=O) groups is 2.